The summed E-state index contributed by atoms with van der Waals surface area (Å²) in [5, 5.41) is 0. The molecule has 0 aromatic heterocycles. The number of hydrogen-bond donors (Lipinski definition) is 0. The maximum Gasteiger partial charge on any atom is 0.278 e. The molecular weight excluding hydrogens is 136 g/mol. The van der Waals surface area contributed by atoms with Gasteiger partial charge in [0.05, 0.1) is 0 Å². The van der Waals surface area contributed by atoms with E-state index >= 15 is 0 Å². The first-order valence-corrected chi connectivity index (χ1v) is 2.39. The quantitative estimate of drug-likeness (QED) is 0.531. The van der Waals surface area contributed by atoms with E-state index < -0.39 is 25.2 Å². The Labute approximate surface area is 50.9 Å². The Morgan fingerprint density at radius 1 is 1.44 bits per heavy atom. The van der Waals surface area contributed by atoms with Gasteiger partial charge in [0.1, 0.15) is 6.17 Å². The monoisotopic (exact) mass is 143 g/mol. The van der Waals surface area contributed by atoms with Crippen LogP contribution in [0.1, 0.15) is 6.42 Å². The van der Waals surface area contributed by atoms with Crippen LogP contribution in [0.3, 0.4) is 0 Å². The van der Waals surface area contributed by atoms with Gasteiger partial charge in [-0.05, 0) is 6.92 Å². The molecule has 1 radical (unpaired) electrons. The van der Waals surface area contributed by atoms with E-state index in [1.807, 2.05) is 0 Å². The third-order valence-corrected chi connectivity index (χ3v) is 0.716. The summed E-state index contributed by atoms with van der Waals surface area (Å²) in [4.78, 5) is 0. The number of halogens is 4. The Hall–Kier alpha value is -0.280. The highest BCUT2D eigenvalue weighted by molar-refractivity contribution is 4.71. The SMILES string of the molecule is [CH2]C(F)CC(F)(F)CF. The third kappa shape index (κ3) is 4.24. The summed E-state index contributed by atoms with van der Waals surface area (Å²) in [7, 11) is 0. The van der Waals surface area contributed by atoms with Gasteiger partial charge < -0.3 is 0 Å². The van der Waals surface area contributed by atoms with Crippen LogP contribution in [0.4, 0.5) is 17.6 Å². The lowest BCUT2D eigenvalue weighted by Crippen LogP contribution is -2.22. The van der Waals surface area contributed by atoms with Crippen LogP contribution in [0.15, 0.2) is 0 Å². The minimum absolute atomic E-state index is 1.14. The van der Waals surface area contributed by atoms with Crippen LogP contribution in [0.5, 0.6) is 0 Å². The van der Waals surface area contributed by atoms with E-state index in [4.69, 9.17) is 0 Å². The first kappa shape index (κ1) is 8.72. The van der Waals surface area contributed by atoms with Crippen LogP contribution in [0.2, 0.25) is 0 Å². The van der Waals surface area contributed by atoms with Crippen LogP contribution >= 0.6 is 0 Å². The summed E-state index contributed by atoms with van der Waals surface area (Å²) in [6, 6.07) is 0. The van der Waals surface area contributed by atoms with E-state index in [1.54, 1.807) is 0 Å². The molecule has 0 spiro atoms. The Kier molecular flexibility index (Phi) is 2.94. The Morgan fingerprint density at radius 2 is 1.89 bits per heavy atom. The second-order valence-electron chi connectivity index (χ2n) is 1.79. The molecule has 0 aliphatic rings. The van der Waals surface area contributed by atoms with Crippen molar-refractivity contribution in [2.24, 2.45) is 0 Å². The van der Waals surface area contributed by atoms with Crippen molar-refractivity contribution in [1.82, 2.24) is 0 Å². The molecule has 0 nitrogen and oxygen atoms in total. The molecule has 0 aliphatic carbocycles. The van der Waals surface area contributed by atoms with Gasteiger partial charge in [0.15, 0.2) is 6.67 Å². The van der Waals surface area contributed by atoms with E-state index in [2.05, 4.69) is 6.92 Å². The minimum Gasteiger partial charge on any atom is -0.247 e. The fourth-order valence-corrected chi connectivity index (χ4v) is 0.379. The van der Waals surface area contributed by atoms with Gasteiger partial charge in [-0.15, -0.1) is 0 Å². The smallest absolute Gasteiger partial charge is 0.247 e. The largest absolute Gasteiger partial charge is 0.278 e. The van der Waals surface area contributed by atoms with E-state index in [1.165, 1.54) is 0 Å². The first-order valence-electron chi connectivity index (χ1n) is 2.39. The molecule has 0 saturated heterocycles. The number of rotatable bonds is 3. The lowest BCUT2D eigenvalue weighted by atomic mass is 10.2. The van der Waals surface area contributed by atoms with Crippen LogP contribution in [-0.4, -0.2) is 18.8 Å². The molecule has 1 atom stereocenters. The molecule has 0 amide bonds. The van der Waals surface area contributed by atoms with Gasteiger partial charge in [-0.2, -0.15) is 0 Å². The number of hydrogen-bond acceptors (Lipinski definition) is 0. The van der Waals surface area contributed by atoms with E-state index in [9.17, 15) is 17.6 Å². The Balaban J connectivity index is 3.58. The second kappa shape index (κ2) is 3.03. The van der Waals surface area contributed by atoms with Crippen molar-refractivity contribution in [2.75, 3.05) is 6.67 Å². The first-order chi connectivity index (χ1) is 3.98. The van der Waals surface area contributed by atoms with Gasteiger partial charge in [-0.25, -0.2) is 17.6 Å². The molecular formula is C5H7F4. The van der Waals surface area contributed by atoms with Crippen LogP contribution in [-0.2, 0) is 0 Å². The molecule has 0 bridgehead atoms. The summed E-state index contributed by atoms with van der Waals surface area (Å²) < 4.78 is 46.3. The van der Waals surface area contributed by atoms with Crippen LogP contribution in [0.25, 0.3) is 0 Å². The maximum atomic E-state index is 11.7. The Morgan fingerprint density at radius 3 is 2.00 bits per heavy atom. The second-order valence-corrected chi connectivity index (χ2v) is 1.79. The van der Waals surface area contributed by atoms with Gasteiger partial charge in [0.2, 0.25) is 0 Å². The summed E-state index contributed by atoms with van der Waals surface area (Å²) in [5.41, 5.74) is 0. The molecule has 0 rings (SSSR count). The number of alkyl halides is 4. The van der Waals surface area contributed by atoms with Crippen molar-refractivity contribution in [2.45, 2.75) is 18.5 Å². The summed E-state index contributed by atoms with van der Waals surface area (Å²) in [6.45, 7) is 0.842. The molecule has 0 N–H and O–H groups in total. The lowest BCUT2D eigenvalue weighted by molar-refractivity contribution is -0.0424. The summed E-state index contributed by atoms with van der Waals surface area (Å²) in [6.07, 6.45) is -3.03. The lowest BCUT2D eigenvalue weighted by Gasteiger charge is -2.11. The van der Waals surface area contributed by atoms with Gasteiger partial charge >= 0.3 is 0 Å². The average Bonchev–Trinajstić information content (AvgIpc) is 1.63. The van der Waals surface area contributed by atoms with E-state index in [0.717, 1.165) is 0 Å². The highest BCUT2D eigenvalue weighted by atomic mass is 19.3. The molecule has 0 saturated carbocycles. The molecule has 4 heteroatoms. The summed E-state index contributed by atoms with van der Waals surface area (Å²) >= 11 is 0. The normalized spacial score (nSPS) is 15.7. The van der Waals surface area contributed by atoms with Crippen LogP contribution < -0.4 is 0 Å². The van der Waals surface area contributed by atoms with E-state index in [0.29, 0.717) is 0 Å². The van der Waals surface area contributed by atoms with Gasteiger partial charge in [0.25, 0.3) is 5.92 Å². The topological polar surface area (TPSA) is 0 Å². The van der Waals surface area contributed by atoms with Crippen molar-refractivity contribution in [1.29, 1.82) is 0 Å². The standard InChI is InChI=1S/C5H7F4/c1-4(7)2-5(8,9)3-6/h4H,1-3H2. The molecule has 0 aliphatic heterocycles. The van der Waals surface area contributed by atoms with Gasteiger partial charge in [-0.3, -0.25) is 0 Å². The van der Waals surface area contributed by atoms with Crippen molar-refractivity contribution >= 4 is 0 Å². The predicted molar refractivity (Wildman–Crippen MR) is 25.8 cm³/mol. The molecule has 0 aromatic rings. The fraction of sp³-hybridized carbons (Fsp3) is 0.800. The highest BCUT2D eigenvalue weighted by Crippen LogP contribution is 2.21. The van der Waals surface area contributed by atoms with Crippen molar-refractivity contribution in [3.8, 4) is 0 Å². The van der Waals surface area contributed by atoms with Gasteiger partial charge in [-0.1, -0.05) is 0 Å². The van der Waals surface area contributed by atoms with Crippen molar-refractivity contribution < 1.29 is 17.6 Å². The average molecular weight is 143 g/mol. The molecule has 9 heavy (non-hydrogen) atoms. The highest BCUT2D eigenvalue weighted by Gasteiger charge is 2.31. The molecule has 0 fully saturated rings. The predicted octanol–water partition coefficient (Wildman–Crippen LogP) is 2.15. The van der Waals surface area contributed by atoms with Crippen molar-refractivity contribution in [3.63, 3.8) is 0 Å². The molecule has 0 aromatic carbocycles. The fourth-order valence-electron chi connectivity index (χ4n) is 0.379. The van der Waals surface area contributed by atoms with Crippen molar-refractivity contribution in [3.05, 3.63) is 6.92 Å². The minimum atomic E-state index is -3.54. The maximum absolute atomic E-state index is 11.7. The van der Waals surface area contributed by atoms with Gasteiger partial charge in [0, 0.05) is 6.42 Å². The zero-order chi connectivity index (χ0) is 7.49. The summed E-state index contributed by atoms with van der Waals surface area (Å²) in [5.74, 6) is -3.54. The molecule has 55 valence electrons. The molecule has 0 heterocycles. The zero-order valence-corrected chi connectivity index (χ0v) is 4.71. The third-order valence-electron chi connectivity index (χ3n) is 0.716. The van der Waals surface area contributed by atoms with E-state index in [-0.39, 0.29) is 0 Å². The Bertz CT molecular complexity index is 79.0. The molecule has 1 unspecified atom stereocenters. The zero-order valence-electron chi connectivity index (χ0n) is 4.71. The van der Waals surface area contributed by atoms with Crippen LogP contribution in [0, 0.1) is 6.92 Å².